The van der Waals surface area contributed by atoms with E-state index in [1.54, 1.807) is 0 Å². The Kier molecular flexibility index (Phi) is 4.75. The third-order valence-electron chi connectivity index (χ3n) is 3.91. The fraction of sp³-hybridized carbons (Fsp3) is 0.600. The second-order valence-electron chi connectivity index (χ2n) is 5.28. The van der Waals surface area contributed by atoms with E-state index in [-0.39, 0.29) is 5.69 Å². The zero-order valence-corrected chi connectivity index (χ0v) is 11.5. The van der Waals surface area contributed by atoms with Crippen LogP contribution in [-0.2, 0) is 6.42 Å². The zero-order valence-electron chi connectivity index (χ0n) is 11.5. The maximum atomic E-state index is 14.1. The van der Waals surface area contributed by atoms with E-state index in [0.29, 0.717) is 31.0 Å². The number of nitrogens with two attached hydrogens (primary N) is 1. The lowest BCUT2D eigenvalue weighted by Crippen LogP contribution is -2.33. The van der Waals surface area contributed by atoms with Crippen molar-refractivity contribution < 1.29 is 8.78 Å². The molecule has 106 valence electrons. The Labute approximate surface area is 113 Å². The van der Waals surface area contributed by atoms with E-state index in [1.807, 2.05) is 11.8 Å². The molecule has 2 nitrogen and oxygen atoms in total. The molecule has 19 heavy (non-hydrogen) atoms. The van der Waals surface area contributed by atoms with Crippen molar-refractivity contribution in [2.45, 2.75) is 32.6 Å². The average molecular weight is 268 g/mol. The second kappa shape index (κ2) is 6.33. The van der Waals surface area contributed by atoms with Gasteiger partial charge >= 0.3 is 0 Å². The van der Waals surface area contributed by atoms with Gasteiger partial charge in [-0.25, -0.2) is 8.78 Å². The average Bonchev–Trinajstić information content (AvgIpc) is 2.30. The van der Waals surface area contributed by atoms with E-state index in [9.17, 15) is 8.78 Å². The maximum absolute atomic E-state index is 14.1. The topological polar surface area (TPSA) is 29.3 Å². The van der Waals surface area contributed by atoms with Gasteiger partial charge < -0.3 is 10.6 Å². The molecule has 1 aromatic carbocycles. The Balaban J connectivity index is 2.20. The standard InChI is InChI=1S/C15H22F2N2/c1-2-19(10-11-4-3-5-11)15-13(16)8-12(6-7-18)9-14(15)17/h8-9,11H,2-7,10,18H2,1H3. The highest BCUT2D eigenvalue weighted by Crippen LogP contribution is 2.31. The summed E-state index contributed by atoms with van der Waals surface area (Å²) in [7, 11) is 0. The third kappa shape index (κ3) is 3.24. The van der Waals surface area contributed by atoms with Gasteiger partial charge in [-0.2, -0.15) is 0 Å². The highest BCUT2D eigenvalue weighted by Gasteiger charge is 2.23. The molecule has 0 bridgehead atoms. The predicted octanol–water partition coefficient (Wildman–Crippen LogP) is 3.09. The Morgan fingerprint density at radius 2 is 1.89 bits per heavy atom. The molecule has 2 rings (SSSR count). The summed E-state index contributed by atoms with van der Waals surface area (Å²) in [5.74, 6) is -0.350. The van der Waals surface area contributed by atoms with Crippen molar-refractivity contribution in [3.05, 3.63) is 29.3 Å². The minimum Gasteiger partial charge on any atom is -0.367 e. The predicted molar refractivity (Wildman–Crippen MR) is 74.3 cm³/mol. The summed E-state index contributed by atoms with van der Waals surface area (Å²) in [6.07, 6.45) is 4.08. The lowest BCUT2D eigenvalue weighted by molar-refractivity contribution is 0.317. The van der Waals surface area contributed by atoms with Crippen LogP contribution in [0.5, 0.6) is 0 Å². The molecule has 1 aromatic rings. The Morgan fingerprint density at radius 1 is 1.26 bits per heavy atom. The van der Waals surface area contributed by atoms with Gasteiger partial charge in [-0.05, 0) is 56.3 Å². The second-order valence-corrected chi connectivity index (χ2v) is 5.28. The molecule has 0 radical (unpaired) electrons. The summed E-state index contributed by atoms with van der Waals surface area (Å²) in [6, 6.07) is 2.82. The number of halogens is 2. The summed E-state index contributed by atoms with van der Waals surface area (Å²) in [4.78, 5) is 1.82. The summed E-state index contributed by atoms with van der Waals surface area (Å²) in [6.45, 7) is 3.71. The van der Waals surface area contributed by atoms with Crippen LogP contribution in [0.1, 0.15) is 31.7 Å². The van der Waals surface area contributed by atoms with Crippen LogP contribution in [0.15, 0.2) is 12.1 Å². The number of anilines is 1. The lowest BCUT2D eigenvalue weighted by atomic mass is 9.85. The fourth-order valence-corrected chi connectivity index (χ4v) is 2.60. The molecular weight excluding hydrogens is 246 g/mol. The van der Waals surface area contributed by atoms with E-state index >= 15 is 0 Å². The van der Waals surface area contributed by atoms with Gasteiger partial charge in [0.05, 0.1) is 0 Å². The molecule has 1 fully saturated rings. The van der Waals surface area contributed by atoms with Crippen molar-refractivity contribution in [1.29, 1.82) is 0 Å². The van der Waals surface area contributed by atoms with E-state index in [0.717, 1.165) is 6.54 Å². The Hall–Kier alpha value is -1.16. The van der Waals surface area contributed by atoms with Crippen LogP contribution in [0.25, 0.3) is 0 Å². The van der Waals surface area contributed by atoms with Gasteiger partial charge in [-0.1, -0.05) is 6.42 Å². The molecule has 0 atom stereocenters. The highest BCUT2D eigenvalue weighted by molar-refractivity contribution is 5.50. The molecule has 0 heterocycles. The molecule has 1 aliphatic carbocycles. The number of benzene rings is 1. The quantitative estimate of drug-likeness (QED) is 0.859. The molecule has 4 heteroatoms. The van der Waals surface area contributed by atoms with Gasteiger partial charge in [-0.3, -0.25) is 0 Å². The first-order valence-corrected chi connectivity index (χ1v) is 7.08. The van der Waals surface area contributed by atoms with Gasteiger partial charge in [0.25, 0.3) is 0 Å². The first-order chi connectivity index (χ1) is 9.15. The molecule has 0 spiro atoms. The van der Waals surface area contributed by atoms with Crippen LogP contribution in [0.4, 0.5) is 14.5 Å². The van der Waals surface area contributed by atoms with Crippen molar-refractivity contribution >= 4 is 5.69 Å². The first kappa shape index (κ1) is 14.3. The molecule has 0 aliphatic heterocycles. The fourth-order valence-electron chi connectivity index (χ4n) is 2.60. The number of nitrogens with zero attached hydrogens (tertiary/aromatic N) is 1. The monoisotopic (exact) mass is 268 g/mol. The smallest absolute Gasteiger partial charge is 0.149 e. The van der Waals surface area contributed by atoms with Crippen molar-refractivity contribution in [2.24, 2.45) is 11.7 Å². The van der Waals surface area contributed by atoms with E-state index in [2.05, 4.69) is 0 Å². The van der Waals surface area contributed by atoms with E-state index < -0.39 is 11.6 Å². The molecular formula is C15H22F2N2. The van der Waals surface area contributed by atoms with Crippen LogP contribution >= 0.6 is 0 Å². The maximum Gasteiger partial charge on any atom is 0.149 e. The SMILES string of the molecule is CCN(CC1CCC1)c1c(F)cc(CCN)cc1F. The van der Waals surface area contributed by atoms with E-state index in [1.165, 1.54) is 31.4 Å². The Morgan fingerprint density at radius 3 is 2.32 bits per heavy atom. The summed E-state index contributed by atoms with van der Waals surface area (Å²) in [5.41, 5.74) is 6.17. The van der Waals surface area contributed by atoms with Crippen LogP contribution in [-0.4, -0.2) is 19.6 Å². The van der Waals surface area contributed by atoms with Gasteiger partial charge in [0.2, 0.25) is 0 Å². The van der Waals surface area contributed by atoms with Crippen molar-refractivity contribution in [3.63, 3.8) is 0 Å². The van der Waals surface area contributed by atoms with Crippen LogP contribution in [0.3, 0.4) is 0 Å². The summed E-state index contributed by atoms with van der Waals surface area (Å²) >= 11 is 0. The van der Waals surface area contributed by atoms with Crippen molar-refractivity contribution in [2.75, 3.05) is 24.5 Å². The molecule has 0 amide bonds. The van der Waals surface area contributed by atoms with Gasteiger partial charge in [0, 0.05) is 13.1 Å². The Bertz CT molecular complexity index is 407. The normalized spacial score (nSPS) is 15.4. The molecule has 0 unspecified atom stereocenters. The molecule has 0 aromatic heterocycles. The summed E-state index contributed by atoms with van der Waals surface area (Å²) < 4.78 is 28.2. The minimum absolute atomic E-state index is 0.121. The molecule has 1 saturated carbocycles. The number of rotatable bonds is 6. The van der Waals surface area contributed by atoms with E-state index in [4.69, 9.17) is 5.73 Å². The third-order valence-corrected chi connectivity index (χ3v) is 3.91. The van der Waals surface area contributed by atoms with Crippen molar-refractivity contribution in [3.8, 4) is 0 Å². The van der Waals surface area contributed by atoms with Gasteiger partial charge in [0.1, 0.15) is 17.3 Å². The van der Waals surface area contributed by atoms with Crippen LogP contribution in [0, 0.1) is 17.6 Å². The zero-order chi connectivity index (χ0) is 13.8. The molecule has 2 N–H and O–H groups in total. The van der Waals surface area contributed by atoms with Gasteiger partial charge in [-0.15, -0.1) is 0 Å². The number of hydrogen-bond donors (Lipinski definition) is 1. The minimum atomic E-state index is -0.468. The van der Waals surface area contributed by atoms with Gasteiger partial charge in [0.15, 0.2) is 0 Å². The summed E-state index contributed by atoms with van der Waals surface area (Å²) in [5, 5.41) is 0. The van der Waals surface area contributed by atoms with Crippen molar-refractivity contribution in [1.82, 2.24) is 0 Å². The molecule has 0 saturated heterocycles. The molecule has 1 aliphatic rings. The van der Waals surface area contributed by atoms with Crippen LogP contribution in [0.2, 0.25) is 0 Å². The first-order valence-electron chi connectivity index (χ1n) is 7.08. The number of hydrogen-bond acceptors (Lipinski definition) is 2. The lowest BCUT2D eigenvalue weighted by Gasteiger charge is -2.33. The highest BCUT2D eigenvalue weighted by atomic mass is 19.1. The van der Waals surface area contributed by atoms with Crippen LogP contribution < -0.4 is 10.6 Å². The largest absolute Gasteiger partial charge is 0.367 e.